The second-order valence-electron chi connectivity index (χ2n) is 3.82. The lowest BCUT2D eigenvalue weighted by molar-refractivity contribution is 0.159. The van der Waals surface area contributed by atoms with Gasteiger partial charge in [0.15, 0.2) is 5.82 Å². The summed E-state index contributed by atoms with van der Waals surface area (Å²) in [6.07, 6.45) is -0.808. The maximum absolute atomic E-state index is 11.7. The average molecular weight is 278 g/mol. The topological polar surface area (TPSA) is 111 Å². The maximum Gasteiger partial charge on any atom is 0.430 e. The molecule has 20 heavy (non-hydrogen) atoms. The van der Waals surface area contributed by atoms with Crippen LogP contribution in [0.15, 0.2) is 23.0 Å². The molecule has 0 atom stereocenters. The lowest BCUT2D eigenvalue weighted by atomic mass is 10.2. The third kappa shape index (κ3) is 2.41. The zero-order chi connectivity index (χ0) is 14.7. The molecule has 0 saturated heterocycles. The Kier molecular flexibility index (Phi) is 3.85. The van der Waals surface area contributed by atoms with Gasteiger partial charge in [-0.1, -0.05) is 6.07 Å². The number of rotatable bonds is 3. The molecule has 8 heteroatoms. The van der Waals surface area contributed by atoms with E-state index >= 15 is 0 Å². The molecule has 0 saturated carbocycles. The van der Waals surface area contributed by atoms with Gasteiger partial charge in [0.05, 0.1) is 24.6 Å². The maximum atomic E-state index is 11.7. The van der Waals surface area contributed by atoms with Gasteiger partial charge >= 0.3 is 11.8 Å². The van der Waals surface area contributed by atoms with Gasteiger partial charge in [-0.15, -0.1) is 0 Å². The van der Waals surface area contributed by atoms with E-state index in [1.54, 1.807) is 25.1 Å². The molecule has 3 N–H and O–H groups in total. The Morgan fingerprint density at radius 2 is 2.25 bits per heavy atom. The van der Waals surface area contributed by atoms with Crippen LogP contribution in [-0.2, 0) is 4.74 Å². The molecule has 106 valence electrons. The minimum atomic E-state index is -0.808. The van der Waals surface area contributed by atoms with Crippen LogP contribution in [0.25, 0.3) is 10.9 Å². The zero-order valence-electron chi connectivity index (χ0n) is 11.0. The van der Waals surface area contributed by atoms with Crippen LogP contribution in [-0.4, -0.2) is 29.8 Å². The minimum absolute atomic E-state index is 0.0281. The second-order valence-corrected chi connectivity index (χ2v) is 3.82. The quantitative estimate of drug-likeness (QED) is 0.487. The fourth-order valence-corrected chi connectivity index (χ4v) is 1.79. The van der Waals surface area contributed by atoms with Crippen molar-refractivity contribution >= 4 is 22.8 Å². The van der Waals surface area contributed by atoms with Crippen molar-refractivity contribution in [1.82, 2.24) is 9.97 Å². The minimum Gasteiger partial charge on any atom is -0.496 e. The molecule has 0 unspecified atom stereocenters. The standard InChI is InChI=1S/C12H14N4O4/c1-3-20-12(18)16(13)10-9-7(14-11(17)15-10)5-4-6-8(9)19-2/h4-6H,3,13H2,1-2H3,(H,14,15,17). The molecule has 1 aromatic heterocycles. The highest BCUT2D eigenvalue weighted by atomic mass is 16.6. The first-order chi connectivity index (χ1) is 9.58. The van der Waals surface area contributed by atoms with E-state index in [4.69, 9.17) is 15.3 Å². The summed E-state index contributed by atoms with van der Waals surface area (Å²) in [7, 11) is 1.47. The van der Waals surface area contributed by atoms with Gasteiger partial charge in [0.25, 0.3) is 0 Å². The first kappa shape index (κ1) is 13.8. The largest absolute Gasteiger partial charge is 0.496 e. The number of aromatic amines is 1. The van der Waals surface area contributed by atoms with Crippen molar-refractivity contribution < 1.29 is 14.3 Å². The number of carbonyl (C=O) groups excluding carboxylic acids is 1. The number of amides is 1. The van der Waals surface area contributed by atoms with Crippen molar-refractivity contribution in [2.24, 2.45) is 5.84 Å². The number of methoxy groups -OCH3 is 1. The average Bonchev–Trinajstić information content (AvgIpc) is 2.44. The first-order valence-electron chi connectivity index (χ1n) is 5.87. The number of nitrogens with one attached hydrogen (secondary N) is 1. The van der Waals surface area contributed by atoms with Crippen molar-refractivity contribution in [2.45, 2.75) is 6.92 Å². The Hall–Kier alpha value is -2.61. The molecule has 0 aliphatic heterocycles. The summed E-state index contributed by atoms with van der Waals surface area (Å²) in [6, 6.07) is 5.03. The monoisotopic (exact) mass is 278 g/mol. The molecule has 0 spiro atoms. The van der Waals surface area contributed by atoms with E-state index in [1.807, 2.05) is 0 Å². The SMILES string of the molecule is CCOC(=O)N(N)c1nc(=O)[nH]c2cccc(OC)c12. The van der Waals surface area contributed by atoms with Crippen molar-refractivity contribution in [2.75, 3.05) is 18.7 Å². The van der Waals surface area contributed by atoms with Crippen LogP contribution in [0.1, 0.15) is 6.92 Å². The number of anilines is 1. The molecule has 0 aliphatic carbocycles. The molecule has 1 amide bonds. The Labute approximate surface area is 114 Å². The van der Waals surface area contributed by atoms with Gasteiger partial charge in [-0.25, -0.2) is 15.4 Å². The predicted molar refractivity (Wildman–Crippen MR) is 72.6 cm³/mol. The lowest BCUT2D eigenvalue weighted by Crippen LogP contribution is -2.40. The third-order valence-corrected chi connectivity index (χ3v) is 2.61. The van der Waals surface area contributed by atoms with Gasteiger partial charge in [-0.3, -0.25) is 0 Å². The van der Waals surface area contributed by atoms with Crippen molar-refractivity contribution in [3.63, 3.8) is 0 Å². The Bertz CT molecular complexity index is 697. The number of hydrogen-bond donors (Lipinski definition) is 2. The van der Waals surface area contributed by atoms with Crippen LogP contribution in [0.5, 0.6) is 5.75 Å². The third-order valence-electron chi connectivity index (χ3n) is 2.61. The highest BCUT2D eigenvalue weighted by Crippen LogP contribution is 2.29. The predicted octanol–water partition coefficient (Wildman–Crippen LogP) is 0.768. The summed E-state index contributed by atoms with van der Waals surface area (Å²) in [5.41, 5.74) is -0.167. The van der Waals surface area contributed by atoms with Crippen LogP contribution in [0, 0.1) is 0 Å². The van der Waals surface area contributed by atoms with Gasteiger partial charge in [-0.05, 0) is 19.1 Å². The number of carbonyl (C=O) groups is 1. The second kappa shape index (κ2) is 5.57. The molecule has 1 aromatic carbocycles. The van der Waals surface area contributed by atoms with E-state index in [1.165, 1.54) is 7.11 Å². The van der Waals surface area contributed by atoms with Gasteiger partial charge in [-0.2, -0.15) is 9.99 Å². The molecule has 0 fully saturated rings. The Morgan fingerprint density at radius 3 is 2.90 bits per heavy atom. The molecule has 0 bridgehead atoms. The molecule has 0 radical (unpaired) electrons. The van der Waals surface area contributed by atoms with Crippen LogP contribution in [0.2, 0.25) is 0 Å². The van der Waals surface area contributed by atoms with Gasteiger partial charge in [0.1, 0.15) is 5.75 Å². The summed E-state index contributed by atoms with van der Waals surface area (Å²) >= 11 is 0. The molecule has 0 aliphatic rings. The number of ether oxygens (including phenoxy) is 2. The Balaban J connectivity index is 2.68. The van der Waals surface area contributed by atoms with E-state index in [9.17, 15) is 9.59 Å². The number of nitrogens with two attached hydrogens (primary N) is 1. The van der Waals surface area contributed by atoms with Crippen LogP contribution in [0.3, 0.4) is 0 Å². The number of hydrogen-bond acceptors (Lipinski definition) is 6. The summed E-state index contributed by atoms with van der Waals surface area (Å²) in [5, 5.41) is 1.11. The molecule has 2 aromatic rings. The molecular weight excluding hydrogens is 264 g/mol. The molecular formula is C12H14N4O4. The zero-order valence-corrected chi connectivity index (χ0v) is 11.0. The number of fused-ring (bicyclic) bond motifs is 1. The van der Waals surface area contributed by atoms with E-state index in [-0.39, 0.29) is 12.4 Å². The number of benzene rings is 1. The van der Waals surface area contributed by atoms with Gasteiger partial charge in [0.2, 0.25) is 0 Å². The normalized spacial score (nSPS) is 10.3. The molecule has 2 rings (SSSR count). The fourth-order valence-electron chi connectivity index (χ4n) is 1.79. The Morgan fingerprint density at radius 1 is 1.50 bits per heavy atom. The van der Waals surface area contributed by atoms with E-state index < -0.39 is 11.8 Å². The number of nitrogens with zero attached hydrogens (tertiary/aromatic N) is 2. The highest BCUT2D eigenvalue weighted by Gasteiger charge is 2.20. The van der Waals surface area contributed by atoms with Crippen molar-refractivity contribution in [3.8, 4) is 5.75 Å². The smallest absolute Gasteiger partial charge is 0.430 e. The van der Waals surface area contributed by atoms with E-state index in [0.717, 1.165) is 0 Å². The summed E-state index contributed by atoms with van der Waals surface area (Å²) < 4.78 is 9.99. The van der Waals surface area contributed by atoms with Crippen LogP contribution >= 0.6 is 0 Å². The van der Waals surface area contributed by atoms with Crippen molar-refractivity contribution in [1.29, 1.82) is 0 Å². The summed E-state index contributed by atoms with van der Waals surface area (Å²) in [4.78, 5) is 29.5. The summed E-state index contributed by atoms with van der Waals surface area (Å²) in [6.45, 7) is 1.81. The van der Waals surface area contributed by atoms with Crippen LogP contribution in [0.4, 0.5) is 10.6 Å². The van der Waals surface area contributed by atoms with Crippen molar-refractivity contribution in [3.05, 3.63) is 28.7 Å². The van der Waals surface area contributed by atoms with Gasteiger partial charge < -0.3 is 14.5 Å². The van der Waals surface area contributed by atoms with E-state index in [0.29, 0.717) is 21.7 Å². The number of H-pyrrole nitrogens is 1. The number of aromatic nitrogens is 2. The molecule has 1 heterocycles. The first-order valence-corrected chi connectivity index (χ1v) is 5.87. The lowest BCUT2D eigenvalue weighted by Gasteiger charge is -2.17. The fraction of sp³-hybridized carbons (Fsp3) is 0.250. The molecule has 8 nitrogen and oxygen atoms in total. The number of hydrazine groups is 1. The van der Waals surface area contributed by atoms with E-state index in [2.05, 4.69) is 9.97 Å². The van der Waals surface area contributed by atoms with Crippen LogP contribution < -0.4 is 21.3 Å². The summed E-state index contributed by atoms with van der Waals surface area (Å²) in [5.74, 6) is 6.07. The van der Waals surface area contributed by atoms with Gasteiger partial charge in [0, 0.05) is 0 Å². The highest BCUT2D eigenvalue weighted by molar-refractivity contribution is 6.00.